The van der Waals surface area contributed by atoms with Gasteiger partial charge >= 0.3 is 0 Å². The first-order valence-electron chi connectivity index (χ1n) is 8.37. The minimum atomic E-state index is -0.339. The van der Waals surface area contributed by atoms with Gasteiger partial charge < -0.3 is 10.1 Å². The molecule has 8 heteroatoms. The highest BCUT2D eigenvalue weighted by molar-refractivity contribution is 6.14. The Morgan fingerprint density at radius 2 is 2.12 bits per heavy atom. The van der Waals surface area contributed by atoms with Crippen molar-refractivity contribution in [1.82, 2.24) is 15.0 Å². The van der Waals surface area contributed by atoms with Crippen molar-refractivity contribution in [3.63, 3.8) is 0 Å². The number of carbonyl (C=O) groups excluding carboxylic acids is 2. The van der Waals surface area contributed by atoms with Gasteiger partial charge in [-0.1, -0.05) is 18.1 Å². The lowest BCUT2D eigenvalue weighted by Gasteiger charge is -2.28. The largest absolute Gasteiger partial charge is 0.497 e. The Balaban J connectivity index is 1.65. The first-order chi connectivity index (χ1) is 12.2. The molecular formula is C17H19N5O3. The van der Waals surface area contributed by atoms with Crippen LogP contribution < -0.4 is 15.0 Å². The fourth-order valence-electron chi connectivity index (χ4n) is 3.43. The zero-order chi connectivity index (χ0) is 17.4. The Morgan fingerprint density at radius 1 is 1.32 bits per heavy atom. The van der Waals surface area contributed by atoms with Crippen molar-refractivity contribution in [1.29, 1.82) is 0 Å². The Bertz CT molecular complexity index is 825. The molecule has 2 amide bonds. The first-order valence-corrected chi connectivity index (χ1v) is 8.37. The van der Waals surface area contributed by atoms with E-state index in [0.29, 0.717) is 23.2 Å². The summed E-state index contributed by atoms with van der Waals surface area (Å²) in [5.41, 5.74) is 1.42. The molecule has 25 heavy (non-hydrogen) atoms. The van der Waals surface area contributed by atoms with E-state index in [4.69, 9.17) is 4.74 Å². The minimum Gasteiger partial charge on any atom is -0.497 e. The average Bonchev–Trinajstić information content (AvgIpc) is 3.31. The number of nitrogens with zero attached hydrogens (tertiary/aromatic N) is 4. The molecular weight excluding hydrogens is 322 g/mol. The molecule has 130 valence electrons. The van der Waals surface area contributed by atoms with Gasteiger partial charge in [0.1, 0.15) is 12.3 Å². The Labute approximate surface area is 144 Å². The second-order valence-corrected chi connectivity index (χ2v) is 6.34. The maximum Gasteiger partial charge on any atom is 0.281 e. The van der Waals surface area contributed by atoms with Crippen LogP contribution in [0.25, 0.3) is 0 Å². The highest BCUT2D eigenvalue weighted by Crippen LogP contribution is 2.34. The number of rotatable bonds is 3. The molecule has 0 atom stereocenters. The van der Waals surface area contributed by atoms with E-state index in [0.717, 1.165) is 12.8 Å². The van der Waals surface area contributed by atoms with Crippen LogP contribution in [0.2, 0.25) is 0 Å². The molecule has 2 aromatic rings. The van der Waals surface area contributed by atoms with E-state index in [1.807, 2.05) is 0 Å². The van der Waals surface area contributed by atoms with Crippen LogP contribution in [0.5, 0.6) is 5.75 Å². The van der Waals surface area contributed by atoms with Gasteiger partial charge in [-0.15, -0.1) is 5.10 Å². The van der Waals surface area contributed by atoms with Crippen molar-refractivity contribution in [2.75, 3.05) is 23.9 Å². The van der Waals surface area contributed by atoms with Crippen LogP contribution in [0.1, 0.15) is 42.2 Å². The Kier molecular flexibility index (Phi) is 3.87. The molecule has 2 aliphatic rings. The number of methoxy groups -OCH3 is 1. The van der Waals surface area contributed by atoms with Gasteiger partial charge in [-0.25, -0.2) is 4.68 Å². The first kappa shape index (κ1) is 15.6. The molecule has 1 aromatic carbocycles. The third-order valence-corrected chi connectivity index (χ3v) is 4.74. The summed E-state index contributed by atoms with van der Waals surface area (Å²) in [4.78, 5) is 26.3. The van der Waals surface area contributed by atoms with Gasteiger partial charge in [0, 0.05) is 6.07 Å². The van der Waals surface area contributed by atoms with E-state index in [2.05, 4.69) is 15.6 Å². The average molecular weight is 341 g/mol. The number of hydrogen-bond donors (Lipinski definition) is 1. The second kappa shape index (κ2) is 6.19. The number of amides is 2. The standard InChI is InChI=1S/C17H19N5O3/c1-25-12-6-7-13-15(8-12)21(10-16(23)18-13)17(24)14-9-22(20-19-14)11-4-2-3-5-11/h6-9,11H,2-5,10H2,1H3,(H,18,23). The van der Waals surface area contributed by atoms with E-state index >= 15 is 0 Å². The summed E-state index contributed by atoms with van der Waals surface area (Å²) in [6, 6.07) is 5.50. The summed E-state index contributed by atoms with van der Waals surface area (Å²) in [5.74, 6) is 0.0325. The van der Waals surface area contributed by atoms with E-state index in [1.165, 1.54) is 17.7 Å². The molecule has 0 bridgehead atoms. The Morgan fingerprint density at radius 3 is 2.88 bits per heavy atom. The van der Waals surface area contributed by atoms with Crippen LogP contribution in [0.4, 0.5) is 11.4 Å². The van der Waals surface area contributed by atoms with Crippen LogP contribution in [0, 0.1) is 0 Å². The lowest BCUT2D eigenvalue weighted by Crippen LogP contribution is -2.42. The monoisotopic (exact) mass is 341 g/mol. The molecule has 8 nitrogen and oxygen atoms in total. The number of aromatic nitrogens is 3. The van der Waals surface area contributed by atoms with Gasteiger partial charge in [0.2, 0.25) is 5.91 Å². The van der Waals surface area contributed by atoms with E-state index in [9.17, 15) is 9.59 Å². The predicted molar refractivity (Wildman–Crippen MR) is 90.8 cm³/mol. The summed E-state index contributed by atoms with van der Waals surface area (Å²) in [5, 5.41) is 10.9. The molecule has 4 rings (SSSR count). The van der Waals surface area contributed by atoms with Crippen molar-refractivity contribution in [3.8, 4) is 5.75 Å². The SMILES string of the molecule is COc1ccc2c(c1)N(C(=O)c1cn(C3CCCC3)nn1)CC(=O)N2. The zero-order valence-electron chi connectivity index (χ0n) is 13.9. The summed E-state index contributed by atoms with van der Waals surface area (Å²) >= 11 is 0. The fraction of sp³-hybridized carbons (Fsp3) is 0.412. The van der Waals surface area contributed by atoms with Crippen molar-refractivity contribution in [2.45, 2.75) is 31.7 Å². The lowest BCUT2D eigenvalue weighted by atomic mass is 10.1. The van der Waals surface area contributed by atoms with Gasteiger partial charge in [0.05, 0.1) is 30.7 Å². The van der Waals surface area contributed by atoms with Crippen LogP contribution in [-0.2, 0) is 4.79 Å². The van der Waals surface area contributed by atoms with Crippen LogP contribution >= 0.6 is 0 Å². The highest BCUT2D eigenvalue weighted by atomic mass is 16.5. The number of benzene rings is 1. The van der Waals surface area contributed by atoms with Gasteiger partial charge in [0.15, 0.2) is 5.69 Å². The summed E-state index contributed by atoms with van der Waals surface area (Å²) in [6.45, 7) is -0.0602. The summed E-state index contributed by atoms with van der Waals surface area (Å²) < 4.78 is 7.00. The molecule has 0 spiro atoms. The topological polar surface area (TPSA) is 89.3 Å². The molecule has 1 N–H and O–H groups in total. The highest BCUT2D eigenvalue weighted by Gasteiger charge is 2.30. The molecule has 0 saturated heterocycles. The fourth-order valence-corrected chi connectivity index (χ4v) is 3.43. The van der Waals surface area contributed by atoms with Crippen molar-refractivity contribution in [3.05, 3.63) is 30.1 Å². The molecule has 2 heterocycles. The zero-order valence-corrected chi connectivity index (χ0v) is 13.9. The number of nitrogens with one attached hydrogen (secondary N) is 1. The van der Waals surface area contributed by atoms with E-state index in [-0.39, 0.29) is 24.1 Å². The molecule has 0 radical (unpaired) electrons. The van der Waals surface area contributed by atoms with Gasteiger partial charge in [-0.3, -0.25) is 14.5 Å². The maximum atomic E-state index is 12.9. The minimum absolute atomic E-state index is 0.0602. The number of anilines is 2. The van der Waals surface area contributed by atoms with Crippen molar-refractivity contribution >= 4 is 23.2 Å². The van der Waals surface area contributed by atoms with Crippen molar-refractivity contribution < 1.29 is 14.3 Å². The van der Waals surface area contributed by atoms with Gasteiger partial charge in [-0.2, -0.15) is 0 Å². The van der Waals surface area contributed by atoms with Gasteiger partial charge in [-0.05, 0) is 25.0 Å². The molecule has 1 aliphatic carbocycles. The molecule has 1 fully saturated rings. The molecule has 1 aromatic heterocycles. The third kappa shape index (κ3) is 2.84. The third-order valence-electron chi connectivity index (χ3n) is 4.74. The number of carbonyl (C=O) groups is 2. The lowest BCUT2D eigenvalue weighted by molar-refractivity contribution is -0.115. The molecule has 0 unspecified atom stereocenters. The molecule has 1 aliphatic heterocycles. The number of hydrogen-bond acceptors (Lipinski definition) is 5. The van der Waals surface area contributed by atoms with Crippen LogP contribution in [-0.4, -0.2) is 40.5 Å². The Hall–Kier alpha value is -2.90. The van der Waals surface area contributed by atoms with Crippen LogP contribution in [0.3, 0.4) is 0 Å². The van der Waals surface area contributed by atoms with E-state index in [1.54, 1.807) is 36.2 Å². The van der Waals surface area contributed by atoms with Crippen molar-refractivity contribution in [2.24, 2.45) is 0 Å². The predicted octanol–water partition coefficient (Wildman–Crippen LogP) is 2.00. The van der Waals surface area contributed by atoms with E-state index < -0.39 is 0 Å². The van der Waals surface area contributed by atoms with Gasteiger partial charge in [0.25, 0.3) is 5.91 Å². The quantitative estimate of drug-likeness (QED) is 0.922. The van der Waals surface area contributed by atoms with Crippen LogP contribution in [0.15, 0.2) is 24.4 Å². The normalized spacial score (nSPS) is 17.3. The molecule has 1 saturated carbocycles. The maximum absolute atomic E-state index is 12.9. The summed E-state index contributed by atoms with van der Waals surface area (Å²) in [6.07, 6.45) is 6.15. The second-order valence-electron chi connectivity index (χ2n) is 6.34. The number of ether oxygens (including phenoxy) is 1. The smallest absolute Gasteiger partial charge is 0.281 e. The number of fused-ring (bicyclic) bond motifs is 1. The summed E-state index contributed by atoms with van der Waals surface area (Å²) in [7, 11) is 1.56.